The number of ether oxygens (including phenoxy) is 1. The van der Waals surface area contributed by atoms with E-state index in [1.165, 1.54) is 22.9 Å². The second kappa shape index (κ2) is 8.63. The molecule has 0 fully saturated rings. The lowest BCUT2D eigenvalue weighted by Gasteiger charge is -2.15. The lowest BCUT2D eigenvalue weighted by molar-refractivity contribution is -0.135. The van der Waals surface area contributed by atoms with Crippen LogP contribution in [0.2, 0.25) is 0 Å². The first-order chi connectivity index (χ1) is 14.3. The minimum Gasteiger partial charge on any atom is -0.481 e. The number of likely N-dealkylation sites (N-methyl/N-ethyl adjacent to an activating group) is 1. The van der Waals surface area contributed by atoms with Gasteiger partial charge in [-0.15, -0.1) is 0 Å². The molecule has 2 aromatic heterocycles. The molecule has 2 heterocycles. The summed E-state index contributed by atoms with van der Waals surface area (Å²) >= 11 is 0. The second-order valence-corrected chi connectivity index (χ2v) is 6.44. The van der Waals surface area contributed by atoms with E-state index in [1.54, 1.807) is 44.3 Å². The highest BCUT2D eigenvalue weighted by Gasteiger charge is 2.18. The highest BCUT2D eigenvalue weighted by Crippen LogP contribution is 2.24. The summed E-state index contributed by atoms with van der Waals surface area (Å²) in [6.45, 7) is 2.28. The Bertz CT molecular complexity index is 1180. The average molecular weight is 407 g/mol. The first-order valence-corrected chi connectivity index (χ1v) is 9.13. The smallest absolute Gasteiger partial charge is 0.269 e. The largest absolute Gasteiger partial charge is 0.481 e. The number of primary amides is 1. The van der Waals surface area contributed by atoms with Crippen LogP contribution in [0, 0.1) is 11.8 Å². The van der Waals surface area contributed by atoms with E-state index < -0.39 is 17.9 Å². The van der Waals surface area contributed by atoms with Gasteiger partial charge in [0, 0.05) is 31.4 Å². The van der Waals surface area contributed by atoms with Gasteiger partial charge in [0.15, 0.2) is 11.8 Å². The number of carbonyl (C=O) groups excluding carboxylic acids is 2. The number of aliphatic hydroxyl groups excluding tert-OH is 1. The number of fused-ring (bicyclic) bond motifs is 1. The van der Waals surface area contributed by atoms with Crippen molar-refractivity contribution >= 4 is 22.7 Å². The third kappa shape index (κ3) is 4.09. The molecule has 2 amide bonds. The number of benzene rings is 1. The van der Waals surface area contributed by atoms with Crippen molar-refractivity contribution in [2.45, 2.75) is 13.0 Å². The quantitative estimate of drug-likeness (QED) is 0.601. The Morgan fingerprint density at radius 3 is 2.80 bits per heavy atom. The van der Waals surface area contributed by atoms with Crippen molar-refractivity contribution in [3.63, 3.8) is 0 Å². The van der Waals surface area contributed by atoms with Crippen LogP contribution in [0.1, 0.15) is 23.0 Å². The normalized spacial score (nSPS) is 11.5. The van der Waals surface area contributed by atoms with E-state index in [0.717, 1.165) is 0 Å². The van der Waals surface area contributed by atoms with E-state index in [9.17, 15) is 14.7 Å². The minimum atomic E-state index is -1.42. The molecule has 154 valence electrons. The van der Waals surface area contributed by atoms with E-state index in [2.05, 4.69) is 21.9 Å². The lowest BCUT2D eigenvalue weighted by Crippen LogP contribution is -2.35. The van der Waals surface area contributed by atoms with Crippen molar-refractivity contribution in [3.05, 3.63) is 47.8 Å². The van der Waals surface area contributed by atoms with Crippen LogP contribution in [0.5, 0.6) is 5.88 Å². The van der Waals surface area contributed by atoms with Crippen LogP contribution >= 0.6 is 0 Å². The van der Waals surface area contributed by atoms with Crippen molar-refractivity contribution in [1.29, 1.82) is 0 Å². The van der Waals surface area contributed by atoms with Crippen molar-refractivity contribution in [1.82, 2.24) is 19.7 Å². The maximum absolute atomic E-state index is 12.0. The molecule has 0 radical (unpaired) electrons. The maximum atomic E-state index is 12.0. The number of hydrogen-bond acceptors (Lipinski definition) is 6. The fourth-order valence-electron chi connectivity index (χ4n) is 2.78. The molecule has 9 nitrogen and oxygen atoms in total. The SMILES string of the molecule is CCN(C)C(=O)C(O)C#Cc1cccc(-n2nc(C(N)=O)c3cnc(OC)cc32)c1. The van der Waals surface area contributed by atoms with Crippen LogP contribution in [0.4, 0.5) is 0 Å². The second-order valence-electron chi connectivity index (χ2n) is 6.44. The summed E-state index contributed by atoms with van der Waals surface area (Å²) < 4.78 is 6.71. The topological polar surface area (TPSA) is 124 Å². The van der Waals surface area contributed by atoms with Crippen molar-refractivity contribution < 1.29 is 19.4 Å². The number of amides is 2. The molecule has 0 bridgehead atoms. The zero-order valence-electron chi connectivity index (χ0n) is 16.8. The van der Waals surface area contributed by atoms with Crippen LogP contribution in [0.15, 0.2) is 36.5 Å². The van der Waals surface area contributed by atoms with Gasteiger partial charge >= 0.3 is 0 Å². The molecule has 1 unspecified atom stereocenters. The fraction of sp³-hybridized carbons (Fsp3) is 0.238. The Kier molecular flexibility index (Phi) is 5.99. The molecule has 1 aromatic carbocycles. The number of aromatic nitrogens is 3. The molecule has 1 atom stereocenters. The number of nitrogens with two attached hydrogens (primary N) is 1. The van der Waals surface area contributed by atoms with Crippen LogP contribution in [-0.2, 0) is 4.79 Å². The highest BCUT2D eigenvalue weighted by molar-refractivity contribution is 6.04. The minimum absolute atomic E-state index is 0.0836. The molecule has 0 spiro atoms. The Hall–Kier alpha value is -3.90. The Morgan fingerprint density at radius 1 is 1.37 bits per heavy atom. The molecule has 3 aromatic rings. The average Bonchev–Trinajstić information content (AvgIpc) is 3.15. The van der Waals surface area contributed by atoms with Crippen LogP contribution in [0.3, 0.4) is 0 Å². The van der Waals surface area contributed by atoms with E-state index in [4.69, 9.17) is 10.5 Å². The molecule has 3 N–H and O–H groups in total. The molecule has 3 rings (SSSR count). The van der Waals surface area contributed by atoms with Crippen LogP contribution in [-0.4, -0.2) is 63.4 Å². The predicted octanol–water partition coefficient (Wildman–Crippen LogP) is 0.719. The molecule has 0 aliphatic carbocycles. The molecule has 0 saturated heterocycles. The summed E-state index contributed by atoms with van der Waals surface area (Å²) in [7, 11) is 3.08. The van der Waals surface area contributed by atoms with Crippen LogP contribution < -0.4 is 10.5 Å². The summed E-state index contributed by atoms with van der Waals surface area (Å²) in [5.74, 6) is 4.56. The van der Waals surface area contributed by atoms with Crippen molar-refractivity contribution in [3.8, 4) is 23.4 Å². The molecule has 0 saturated carbocycles. The fourth-order valence-corrected chi connectivity index (χ4v) is 2.78. The number of nitrogens with zero attached hydrogens (tertiary/aromatic N) is 4. The van der Waals surface area contributed by atoms with E-state index in [0.29, 0.717) is 34.6 Å². The van der Waals surface area contributed by atoms with Crippen molar-refractivity contribution in [2.24, 2.45) is 5.73 Å². The monoisotopic (exact) mass is 407 g/mol. The van der Waals surface area contributed by atoms with Gasteiger partial charge in [-0.2, -0.15) is 5.10 Å². The molecular formula is C21H21N5O4. The summed E-state index contributed by atoms with van der Waals surface area (Å²) in [6, 6.07) is 8.64. The summed E-state index contributed by atoms with van der Waals surface area (Å²) in [5.41, 5.74) is 7.29. The third-order valence-corrected chi connectivity index (χ3v) is 4.51. The van der Waals surface area contributed by atoms with Gasteiger partial charge in [-0.05, 0) is 25.1 Å². The van der Waals surface area contributed by atoms with Gasteiger partial charge in [-0.1, -0.05) is 17.9 Å². The predicted molar refractivity (Wildman–Crippen MR) is 110 cm³/mol. The zero-order chi connectivity index (χ0) is 21.8. The maximum Gasteiger partial charge on any atom is 0.269 e. The van der Waals surface area contributed by atoms with Gasteiger partial charge in [0.25, 0.3) is 11.8 Å². The summed E-state index contributed by atoms with van der Waals surface area (Å²) in [4.78, 5) is 29.3. The number of aliphatic hydroxyl groups is 1. The Morgan fingerprint density at radius 2 is 2.13 bits per heavy atom. The van der Waals surface area contributed by atoms with E-state index >= 15 is 0 Å². The van der Waals surface area contributed by atoms with Gasteiger partial charge in [-0.25, -0.2) is 9.67 Å². The standard InChI is InChI=1S/C21H21N5O4/c1-4-25(2)21(29)17(27)9-8-13-6-5-7-14(10-13)26-16-11-18(30-3)23-12-15(16)19(24-26)20(22)28/h5-7,10-12,17,27H,4H2,1-3H3,(H2,22,28). The van der Waals surface area contributed by atoms with E-state index in [-0.39, 0.29) is 5.69 Å². The third-order valence-electron chi connectivity index (χ3n) is 4.51. The lowest BCUT2D eigenvalue weighted by atomic mass is 10.2. The number of rotatable bonds is 5. The van der Waals surface area contributed by atoms with Gasteiger partial charge in [0.1, 0.15) is 0 Å². The van der Waals surface area contributed by atoms with E-state index in [1.807, 2.05) is 0 Å². The van der Waals surface area contributed by atoms with Gasteiger partial charge in [0.05, 0.1) is 23.7 Å². The van der Waals surface area contributed by atoms with Crippen LogP contribution in [0.25, 0.3) is 16.6 Å². The van der Waals surface area contributed by atoms with Gasteiger partial charge in [-0.3, -0.25) is 9.59 Å². The van der Waals surface area contributed by atoms with Gasteiger partial charge in [0.2, 0.25) is 5.88 Å². The number of methoxy groups -OCH3 is 1. The molecular weight excluding hydrogens is 386 g/mol. The molecule has 0 aliphatic rings. The molecule has 0 aliphatic heterocycles. The first kappa shape index (κ1) is 20.8. The Labute approximate surface area is 173 Å². The summed E-state index contributed by atoms with van der Waals surface area (Å²) in [6.07, 6.45) is 0.0640. The van der Waals surface area contributed by atoms with Gasteiger partial charge < -0.3 is 20.5 Å². The molecule has 30 heavy (non-hydrogen) atoms. The zero-order valence-corrected chi connectivity index (χ0v) is 16.8. The van der Waals surface area contributed by atoms with Crippen molar-refractivity contribution in [2.75, 3.05) is 20.7 Å². The number of hydrogen-bond donors (Lipinski definition) is 2. The number of carbonyl (C=O) groups is 2. The number of pyridine rings is 1. The highest BCUT2D eigenvalue weighted by atomic mass is 16.5. The Balaban J connectivity index is 2.03. The first-order valence-electron chi connectivity index (χ1n) is 9.13. The molecule has 9 heteroatoms. The summed E-state index contributed by atoms with van der Waals surface area (Å²) in [5, 5.41) is 14.8.